The summed E-state index contributed by atoms with van der Waals surface area (Å²) in [6.07, 6.45) is 5.66. The predicted molar refractivity (Wildman–Crippen MR) is 31.6 cm³/mol. The third kappa shape index (κ3) is 5.37. The molecule has 0 atom stereocenters. The standard InChI is InChI=1S/C5H10N2/c6-4-2-1-3-5-7/h1-2,4,6H,3,5,7H2. The third-order valence-corrected chi connectivity index (χ3v) is 0.566. The van der Waals surface area contributed by atoms with Crippen molar-refractivity contribution in [3.8, 4) is 0 Å². The van der Waals surface area contributed by atoms with Crippen LogP contribution < -0.4 is 5.73 Å². The van der Waals surface area contributed by atoms with Crippen LogP contribution in [-0.4, -0.2) is 12.8 Å². The second-order valence-electron chi connectivity index (χ2n) is 1.17. The lowest BCUT2D eigenvalue weighted by Gasteiger charge is -1.77. The van der Waals surface area contributed by atoms with E-state index in [-0.39, 0.29) is 0 Å². The van der Waals surface area contributed by atoms with Gasteiger partial charge in [0.25, 0.3) is 0 Å². The molecule has 0 aromatic rings. The first-order valence-electron chi connectivity index (χ1n) is 2.27. The Morgan fingerprint density at radius 2 is 2.29 bits per heavy atom. The van der Waals surface area contributed by atoms with Crippen LogP contribution in [0.2, 0.25) is 0 Å². The average molecular weight is 98.1 g/mol. The predicted octanol–water partition coefficient (Wildman–Crippen LogP) is 0.541. The van der Waals surface area contributed by atoms with Crippen LogP contribution in [-0.2, 0) is 0 Å². The molecule has 0 heterocycles. The quantitative estimate of drug-likeness (QED) is 0.497. The molecule has 40 valence electrons. The monoisotopic (exact) mass is 98.1 g/mol. The zero-order chi connectivity index (χ0) is 5.54. The molecule has 2 nitrogen and oxygen atoms in total. The van der Waals surface area contributed by atoms with Gasteiger partial charge in [-0.15, -0.1) is 0 Å². The van der Waals surface area contributed by atoms with Crippen LogP contribution in [0.3, 0.4) is 0 Å². The summed E-state index contributed by atoms with van der Waals surface area (Å²) < 4.78 is 0. The van der Waals surface area contributed by atoms with E-state index in [0.29, 0.717) is 6.54 Å². The first-order chi connectivity index (χ1) is 3.41. The van der Waals surface area contributed by atoms with Crippen molar-refractivity contribution in [2.24, 2.45) is 5.73 Å². The van der Waals surface area contributed by atoms with Crippen LogP contribution in [0.4, 0.5) is 0 Å². The number of nitrogens with one attached hydrogen (secondary N) is 1. The maximum atomic E-state index is 6.53. The van der Waals surface area contributed by atoms with E-state index in [0.717, 1.165) is 6.42 Å². The average Bonchev–Trinajstić information content (AvgIpc) is 1.69. The number of rotatable bonds is 3. The SMILES string of the molecule is N=CC=CCCN. The fourth-order valence-corrected chi connectivity index (χ4v) is 0.260. The van der Waals surface area contributed by atoms with Gasteiger partial charge in [0, 0.05) is 6.21 Å². The van der Waals surface area contributed by atoms with E-state index in [2.05, 4.69) is 0 Å². The Balaban J connectivity index is 2.92. The van der Waals surface area contributed by atoms with Gasteiger partial charge in [0.05, 0.1) is 0 Å². The van der Waals surface area contributed by atoms with Crippen LogP contribution in [0.25, 0.3) is 0 Å². The van der Waals surface area contributed by atoms with Gasteiger partial charge in [-0.3, -0.25) is 0 Å². The zero-order valence-corrected chi connectivity index (χ0v) is 4.22. The van der Waals surface area contributed by atoms with Crippen LogP contribution in [0, 0.1) is 5.41 Å². The Labute approximate surface area is 43.5 Å². The van der Waals surface area contributed by atoms with Crippen molar-refractivity contribution in [1.82, 2.24) is 0 Å². The van der Waals surface area contributed by atoms with Crippen LogP contribution in [0.1, 0.15) is 6.42 Å². The molecule has 0 saturated carbocycles. The van der Waals surface area contributed by atoms with Crippen LogP contribution >= 0.6 is 0 Å². The van der Waals surface area contributed by atoms with E-state index < -0.39 is 0 Å². The molecule has 0 aliphatic heterocycles. The Bertz CT molecular complexity index is 66.5. The molecule has 0 unspecified atom stereocenters. The molecule has 0 aliphatic rings. The highest BCUT2D eigenvalue weighted by atomic mass is 14.5. The smallest absolute Gasteiger partial charge is 0.0174 e. The van der Waals surface area contributed by atoms with Gasteiger partial charge >= 0.3 is 0 Å². The fraction of sp³-hybridized carbons (Fsp3) is 0.400. The normalized spacial score (nSPS) is 9.86. The van der Waals surface area contributed by atoms with E-state index in [1.165, 1.54) is 6.21 Å². The maximum Gasteiger partial charge on any atom is 0.0174 e. The van der Waals surface area contributed by atoms with Crippen molar-refractivity contribution >= 4 is 6.21 Å². The van der Waals surface area contributed by atoms with Gasteiger partial charge in [-0.1, -0.05) is 6.08 Å². The summed E-state index contributed by atoms with van der Waals surface area (Å²) in [5, 5.41) is 6.53. The van der Waals surface area contributed by atoms with Gasteiger partial charge in [-0.05, 0) is 19.0 Å². The fourth-order valence-electron chi connectivity index (χ4n) is 0.260. The van der Waals surface area contributed by atoms with Gasteiger partial charge in [-0.25, -0.2) is 0 Å². The Kier molecular flexibility index (Phi) is 4.89. The van der Waals surface area contributed by atoms with Crippen molar-refractivity contribution in [2.45, 2.75) is 6.42 Å². The van der Waals surface area contributed by atoms with Gasteiger partial charge in [0.2, 0.25) is 0 Å². The third-order valence-electron chi connectivity index (χ3n) is 0.566. The van der Waals surface area contributed by atoms with Crippen molar-refractivity contribution in [1.29, 1.82) is 5.41 Å². The van der Waals surface area contributed by atoms with Crippen molar-refractivity contribution in [2.75, 3.05) is 6.54 Å². The van der Waals surface area contributed by atoms with Gasteiger partial charge in [0.15, 0.2) is 0 Å². The highest BCUT2D eigenvalue weighted by Crippen LogP contribution is 1.73. The van der Waals surface area contributed by atoms with Crippen molar-refractivity contribution in [3.63, 3.8) is 0 Å². The molecular weight excluding hydrogens is 88.1 g/mol. The van der Waals surface area contributed by atoms with Gasteiger partial charge in [0.1, 0.15) is 0 Å². The highest BCUT2D eigenvalue weighted by molar-refractivity contribution is 5.67. The molecule has 2 heteroatoms. The first kappa shape index (κ1) is 6.37. The summed E-state index contributed by atoms with van der Waals surface area (Å²) in [4.78, 5) is 0. The maximum absolute atomic E-state index is 6.53. The van der Waals surface area contributed by atoms with Crippen molar-refractivity contribution in [3.05, 3.63) is 12.2 Å². The van der Waals surface area contributed by atoms with E-state index in [1.807, 2.05) is 6.08 Å². The minimum absolute atomic E-state index is 0.671. The molecule has 0 rings (SSSR count). The zero-order valence-electron chi connectivity index (χ0n) is 4.22. The van der Waals surface area contributed by atoms with Crippen molar-refractivity contribution < 1.29 is 0 Å². The molecule has 0 amide bonds. The van der Waals surface area contributed by atoms with E-state index in [4.69, 9.17) is 11.1 Å². The number of hydrogen-bond donors (Lipinski definition) is 2. The highest BCUT2D eigenvalue weighted by Gasteiger charge is 1.66. The molecule has 0 spiro atoms. The summed E-state index contributed by atoms with van der Waals surface area (Å²) in [7, 11) is 0. The minimum atomic E-state index is 0.671. The lowest BCUT2D eigenvalue weighted by Crippen LogP contribution is -1.94. The van der Waals surface area contributed by atoms with E-state index >= 15 is 0 Å². The molecule has 0 bridgehead atoms. The van der Waals surface area contributed by atoms with Gasteiger partial charge in [-0.2, -0.15) is 0 Å². The van der Waals surface area contributed by atoms with E-state index in [1.54, 1.807) is 6.08 Å². The summed E-state index contributed by atoms with van der Waals surface area (Å²) in [6.45, 7) is 0.671. The Morgan fingerprint density at radius 3 is 2.71 bits per heavy atom. The number of hydrogen-bond acceptors (Lipinski definition) is 2. The van der Waals surface area contributed by atoms with Crippen LogP contribution in [0.15, 0.2) is 12.2 Å². The summed E-state index contributed by atoms with van der Waals surface area (Å²) in [6, 6.07) is 0. The summed E-state index contributed by atoms with van der Waals surface area (Å²) >= 11 is 0. The molecule has 0 radical (unpaired) electrons. The summed E-state index contributed by atoms with van der Waals surface area (Å²) in [5.74, 6) is 0. The first-order valence-corrected chi connectivity index (χ1v) is 2.27. The van der Waals surface area contributed by atoms with Crippen LogP contribution in [0.5, 0.6) is 0 Å². The number of nitrogens with two attached hydrogens (primary N) is 1. The minimum Gasteiger partial charge on any atom is -0.330 e. The van der Waals surface area contributed by atoms with E-state index in [9.17, 15) is 0 Å². The molecule has 0 aromatic carbocycles. The second kappa shape index (κ2) is 5.37. The molecule has 0 aliphatic carbocycles. The molecule has 0 aromatic heterocycles. The summed E-state index contributed by atoms with van der Waals surface area (Å²) in [5.41, 5.74) is 5.14. The second-order valence-corrected chi connectivity index (χ2v) is 1.17. The molecular formula is C5H10N2. The number of allylic oxidation sites excluding steroid dienone is 1. The molecule has 3 N–H and O–H groups in total. The lowest BCUT2D eigenvalue weighted by molar-refractivity contribution is 1.01. The molecule has 0 fully saturated rings. The Morgan fingerprint density at radius 1 is 1.57 bits per heavy atom. The topological polar surface area (TPSA) is 49.9 Å². The molecule has 7 heavy (non-hydrogen) atoms. The Hall–Kier alpha value is -0.630. The molecule has 0 saturated heterocycles. The largest absolute Gasteiger partial charge is 0.330 e. The van der Waals surface area contributed by atoms with Gasteiger partial charge < -0.3 is 11.1 Å². The lowest BCUT2D eigenvalue weighted by atomic mass is 10.4.